The van der Waals surface area contributed by atoms with E-state index in [1.54, 1.807) is 24.4 Å². The number of aryl methyl sites for hydroxylation is 1. The van der Waals surface area contributed by atoms with E-state index in [-0.39, 0.29) is 0 Å². The largest absolute Gasteiger partial charge is 0.384 e. The normalized spacial score (nSPS) is 10.4. The summed E-state index contributed by atoms with van der Waals surface area (Å²) in [6, 6.07) is 5.27. The molecular weight excluding hydrogens is 224 g/mol. The molecule has 0 amide bonds. The highest BCUT2D eigenvalue weighted by Crippen LogP contribution is 2.22. The zero-order valence-electron chi connectivity index (χ0n) is 8.81. The monoisotopic (exact) mass is 234 g/mol. The van der Waals surface area contributed by atoms with Crippen molar-refractivity contribution in [1.29, 1.82) is 0 Å². The van der Waals surface area contributed by atoms with Gasteiger partial charge < -0.3 is 5.73 Å². The summed E-state index contributed by atoms with van der Waals surface area (Å²) in [7, 11) is 0. The average Bonchev–Trinajstić information content (AvgIpc) is 2.28. The van der Waals surface area contributed by atoms with Gasteiger partial charge in [0.15, 0.2) is 5.82 Å². The van der Waals surface area contributed by atoms with Crippen LogP contribution in [-0.2, 0) is 6.42 Å². The number of hydrogen-bond donors (Lipinski definition) is 1. The standard InChI is InChI=1S/C11H11ClN4/c1-2-7-6-9(13)16-11(15-7)10-8(12)4-3-5-14-10/h3-6H,2H2,1H3,(H2,13,15,16). The summed E-state index contributed by atoms with van der Waals surface area (Å²) in [5.41, 5.74) is 7.14. The van der Waals surface area contributed by atoms with Gasteiger partial charge in [0.25, 0.3) is 0 Å². The summed E-state index contributed by atoms with van der Waals surface area (Å²) in [5.74, 6) is 0.908. The first-order valence-corrected chi connectivity index (χ1v) is 5.33. The molecule has 4 nitrogen and oxygen atoms in total. The van der Waals surface area contributed by atoms with Crippen LogP contribution in [0, 0.1) is 0 Å². The predicted molar refractivity (Wildman–Crippen MR) is 64.1 cm³/mol. The molecule has 0 aromatic carbocycles. The predicted octanol–water partition coefficient (Wildman–Crippen LogP) is 2.34. The number of anilines is 1. The maximum absolute atomic E-state index is 6.02. The Bertz CT molecular complexity index is 513. The third-order valence-electron chi connectivity index (χ3n) is 2.13. The fourth-order valence-electron chi connectivity index (χ4n) is 1.36. The zero-order chi connectivity index (χ0) is 11.5. The molecule has 2 aromatic rings. The van der Waals surface area contributed by atoms with Gasteiger partial charge in [-0.25, -0.2) is 9.97 Å². The third kappa shape index (κ3) is 2.12. The first kappa shape index (κ1) is 10.8. The van der Waals surface area contributed by atoms with Crippen LogP contribution >= 0.6 is 11.6 Å². The summed E-state index contributed by atoms with van der Waals surface area (Å²) in [5, 5.41) is 0.523. The Morgan fingerprint density at radius 2 is 2.19 bits per heavy atom. The second-order valence-corrected chi connectivity index (χ2v) is 3.70. The lowest BCUT2D eigenvalue weighted by molar-refractivity contribution is 1.00. The van der Waals surface area contributed by atoms with Crippen molar-refractivity contribution in [2.45, 2.75) is 13.3 Å². The Labute approximate surface area is 98.5 Å². The van der Waals surface area contributed by atoms with E-state index < -0.39 is 0 Å². The Hall–Kier alpha value is -1.68. The van der Waals surface area contributed by atoms with Gasteiger partial charge in [-0.15, -0.1) is 0 Å². The summed E-state index contributed by atoms with van der Waals surface area (Å²) < 4.78 is 0. The number of aromatic nitrogens is 3. The minimum atomic E-state index is 0.434. The van der Waals surface area contributed by atoms with Crippen LogP contribution in [0.3, 0.4) is 0 Å². The SMILES string of the molecule is CCc1cc(N)nc(-c2ncccc2Cl)n1. The molecule has 0 aliphatic rings. The van der Waals surface area contributed by atoms with Crippen molar-refractivity contribution in [1.82, 2.24) is 15.0 Å². The topological polar surface area (TPSA) is 64.7 Å². The van der Waals surface area contributed by atoms with E-state index in [4.69, 9.17) is 17.3 Å². The second-order valence-electron chi connectivity index (χ2n) is 3.30. The highest BCUT2D eigenvalue weighted by molar-refractivity contribution is 6.32. The van der Waals surface area contributed by atoms with E-state index in [9.17, 15) is 0 Å². The van der Waals surface area contributed by atoms with Crippen LogP contribution in [-0.4, -0.2) is 15.0 Å². The lowest BCUT2D eigenvalue weighted by Gasteiger charge is -2.04. The second kappa shape index (κ2) is 4.45. The molecule has 0 aliphatic heterocycles. The van der Waals surface area contributed by atoms with Crippen LogP contribution in [0.5, 0.6) is 0 Å². The minimum absolute atomic E-state index is 0.434. The number of nitrogens with zero attached hydrogens (tertiary/aromatic N) is 3. The molecule has 0 atom stereocenters. The van der Waals surface area contributed by atoms with Crippen molar-refractivity contribution in [3.05, 3.63) is 35.1 Å². The number of hydrogen-bond acceptors (Lipinski definition) is 4. The summed E-state index contributed by atoms with van der Waals surface area (Å²) in [4.78, 5) is 12.6. The van der Waals surface area contributed by atoms with E-state index in [1.807, 2.05) is 6.92 Å². The van der Waals surface area contributed by atoms with Gasteiger partial charge >= 0.3 is 0 Å². The van der Waals surface area contributed by atoms with Crippen LogP contribution in [0.4, 0.5) is 5.82 Å². The molecule has 0 radical (unpaired) electrons. The van der Waals surface area contributed by atoms with E-state index in [1.165, 1.54) is 0 Å². The molecule has 2 heterocycles. The number of pyridine rings is 1. The molecular formula is C11H11ClN4. The number of nitrogen functional groups attached to an aromatic ring is 1. The molecule has 0 fully saturated rings. The smallest absolute Gasteiger partial charge is 0.181 e. The van der Waals surface area contributed by atoms with Crippen molar-refractivity contribution in [3.8, 4) is 11.5 Å². The van der Waals surface area contributed by atoms with Gasteiger partial charge in [-0.3, -0.25) is 4.98 Å². The van der Waals surface area contributed by atoms with Gasteiger partial charge in [0, 0.05) is 18.0 Å². The van der Waals surface area contributed by atoms with Gasteiger partial charge in [0.05, 0.1) is 5.02 Å². The molecule has 0 saturated carbocycles. The first-order valence-electron chi connectivity index (χ1n) is 4.95. The molecule has 2 N–H and O–H groups in total. The van der Waals surface area contributed by atoms with E-state index in [0.717, 1.165) is 12.1 Å². The van der Waals surface area contributed by atoms with Crippen molar-refractivity contribution in [2.24, 2.45) is 0 Å². The molecule has 0 saturated heterocycles. The molecule has 0 spiro atoms. The molecule has 2 rings (SSSR count). The maximum Gasteiger partial charge on any atom is 0.181 e. The maximum atomic E-state index is 6.02. The summed E-state index contributed by atoms with van der Waals surface area (Å²) in [6.07, 6.45) is 2.45. The van der Waals surface area contributed by atoms with Crippen LogP contribution in [0.2, 0.25) is 5.02 Å². The molecule has 0 bridgehead atoms. The summed E-state index contributed by atoms with van der Waals surface area (Å²) >= 11 is 6.02. The lowest BCUT2D eigenvalue weighted by atomic mass is 10.3. The van der Waals surface area contributed by atoms with Gasteiger partial charge in [-0.05, 0) is 18.6 Å². The minimum Gasteiger partial charge on any atom is -0.384 e. The first-order chi connectivity index (χ1) is 7.70. The quantitative estimate of drug-likeness (QED) is 0.866. The number of halogens is 1. The van der Waals surface area contributed by atoms with Gasteiger partial charge in [0.2, 0.25) is 0 Å². The van der Waals surface area contributed by atoms with E-state index >= 15 is 0 Å². The Morgan fingerprint density at radius 3 is 2.88 bits per heavy atom. The molecule has 0 aliphatic carbocycles. The lowest BCUT2D eigenvalue weighted by Crippen LogP contribution is -2.00. The van der Waals surface area contributed by atoms with Crippen LogP contribution in [0.25, 0.3) is 11.5 Å². The Kier molecular flexibility index (Phi) is 3.01. The van der Waals surface area contributed by atoms with Crippen LogP contribution in [0.1, 0.15) is 12.6 Å². The molecule has 16 heavy (non-hydrogen) atoms. The van der Waals surface area contributed by atoms with Gasteiger partial charge in [-0.2, -0.15) is 0 Å². The van der Waals surface area contributed by atoms with Crippen LogP contribution < -0.4 is 5.73 Å². The third-order valence-corrected chi connectivity index (χ3v) is 2.44. The van der Waals surface area contributed by atoms with Crippen molar-refractivity contribution < 1.29 is 0 Å². The van der Waals surface area contributed by atoms with Crippen LogP contribution in [0.15, 0.2) is 24.4 Å². The highest BCUT2D eigenvalue weighted by Gasteiger charge is 2.09. The Balaban J connectivity index is 2.56. The van der Waals surface area contributed by atoms with Crippen molar-refractivity contribution in [3.63, 3.8) is 0 Å². The Morgan fingerprint density at radius 1 is 1.38 bits per heavy atom. The molecule has 5 heteroatoms. The van der Waals surface area contributed by atoms with E-state index in [0.29, 0.717) is 22.4 Å². The number of rotatable bonds is 2. The zero-order valence-corrected chi connectivity index (χ0v) is 9.57. The average molecular weight is 235 g/mol. The summed E-state index contributed by atoms with van der Waals surface area (Å²) in [6.45, 7) is 2.01. The molecule has 82 valence electrons. The van der Waals surface area contributed by atoms with Gasteiger partial charge in [-0.1, -0.05) is 18.5 Å². The molecule has 2 aromatic heterocycles. The van der Waals surface area contributed by atoms with Gasteiger partial charge in [0.1, 0.15) is 11.5 Å². The van der Waals surface area contributed by atoms with Crippen molar-refractivity contribution in [2.75, 3.05) is 5.73 Å². The van der Waals surface area contributed by atoms with Crippen molar-refractivity contribution >= 4 is 17.4 Å². The fraction of sp³-hybridized carbons (Fsp3) is 0.182. The number of nitrogens with two attached hydrogens (primary N) is 1. The fourth-order valence-corrected chi connectivity index (χ4v) is 1.56. The molecule has 0 unspecified atom stereocenters. The van der Waals surface area contributed by atoms with E-state index in [2.05, 4.69) is 15.0 Å². The highest BCUT2D eigenvalue weighted by atomic mass is 35.5.